The molecule has 1 saturated carbocycles. The molecule has 1 fully saturated rings. The van der Waals surface area contributed by atoms with Gasteiger partial charge in [0, 0.05) is 17.6 Å². The van der Waals surface area contributed by atoms with Gasteiger partial charge in [-0.25, -0.2) is 0 Å². The van der Waals surface area contributed by atoms with Crippen molar-refractivity contribution in [1.29, 1.82) is 0 Å². The highest BCUT2D eigenvalue weighted by atomic mass is 35.5. The number of halogens is 1. The SMILES string of the molecule is CC(CNC1CC1)c1ccccc1Cl. The van der Waals surface area contributed by atoms with E-state index in [0.29, 0.717) is 5.92 Å². The quantitative estimate of drug-likeness (QED) is 0.803. The van der Waals surface area contributed by atoms with Crippen LogP contribution in [0.2, 0.25) is 5.02 Å². The summed E-state index contributed by atoms with van der Waals surface area (Å²) in [6.07, 6.45) is 2.69. The fraction of sp³-hybridized carbons (Fsp3) is 0.500. The summed E-state index contributed by atoms with van der Waals surface area (Å²) in [4.78, 5) is 0. The van der Waals surface area contributed by atoms with Crippen LogP contribution in [-0.4, -0.2) is 12.6 Å². The van der Waals surface area contributed by atoms with E-state index in [0.717, 1.165) is 17.6 Å². The molecule has 0 heterocycles. The van der Waals surface area contributed by atoms with Gasteiger partial charge < -0.3 is 5.32 Å². The largest absolute Gasteiger partial charge is 0.313 e. The van der Waals surface area contributed by atoms with Crippen LogP contribution in [0.1, 0.15) is 31.2 Å². The van der Waals surface area contributed by atoms with Crippen molar-refractivity contribution in [2.45, 2.75) is 31.7 Å². The topological polar surface area (TPSA) is 12.0 Å². The van der Waals surface area contributed by atoms with Crippen LogP contribution in [0.4, 0.5) is 0 Å². The molecule has 0 aromatic heterocycles. The molecule has 1 aromatic carbocycles. The van der Waals surface area contributed by atoms with Gasteiger partial charge in [0.05, 0.1) is 0 Å². The molecule has 14 heavy (non-hydrogen) atoms. The summed E-state index contributed by atoms with van der Waals surface area (Å²) in [5.41, 5.74) is 1.25. The smallest absolute Gasteiger partial charge is 0.0441 e. The Morgan fingerprint density at radius 3 is 2.79 bits per heavy atom. The Morgan fingerprint density at radius 1 is 1.43 bits per heavy atom. The van der Waals surface area contributed by atoms with Crippen molar-refractivity contribution in [3.63, 3.8) is 0 Å². The second-order valence-corrected chi connectivity index (χ2v) is 4.51. The van der Waals surface area contributed by atoms with Crippen LogP contribution < -0.4 is 5.32 Å². The van der Waals surface area contributed by atoms with Crippen molar-refractivity contribution < 1.29 is 0 Å². The molecule has 0 bridgehead atoms. The third-order valence-electron chi connectivity index (χ3n) is 2.73. The number of nitrogens with one attached hydrogen (secondary N) is 1. The number of benzene rings is 1. The third kappa shape index (κ3) is 2.49. The van der Waals surface area contributed by atoms with E-state index < -0.39 is 0 Å². The molecule has 76 valence electrons. The summed E-state index contributed by atoms with van der Waals surface area (Å²) >= 11 is 6.12. The maximum atomic E-state index is 6.12. The highest BCUT2D eigenvalue weighted by Gasteiger charge is 2.21. The van der Waals surface area contributed by atoms with Crippen molar-refractivity contribution in [3.8, 4) is 0 Å². The van der Waals surface area contributed by atoms with Crippen LogP contribution in [0.5, 0.6) is 0 Å². The Bertz CT molecular complexity index is 307. The first-order valence-electron chi connectivity index (χ1n) is 5.25. The van der Waals surface area contributed by atoms with Crippen LogP contribution in [0.25, 0.3) is 0 Å². The second-order valence-electron chi connectivity index (χ2n) is 4.11. The molecule has 2 heteroatoms. The zero-order chi connectivity index (χ0) is 9.97. The predicted molar refractivity (Wildman–Crippen MR) is 60.9 cm³/mol. The van der Waals surface area contributed by atoms with Gasteiger partial charge >= 0.3 is 0 Å². The molecule has 1 aromatic rings. The molecule has 1 aliphatic rings. The van der Waals surface area contributed by atoms with Crippen LogP contribution in [0.15, 0.2) is 24.3 Å². The summed E-state index contributed by atoms with van der Waals surface area (Å²) in [5, 5.41) is 4.41. The van der Waals surface area contributed by atoms with E-state index in [4.69, 9.17) is 11.6 Å². The third-order valence-corrected chi connectivity index (χ3v) is 3.07. The molecule has 0 amide bonds. The fourth-order valence-electron chi connectivity index (χ4n) is 1.62. The second kappa shape index (κ2) is 4.33. The summed E-state index contributed by atoms with van der Waals surface area (Å²) < 4.78 is 0. The molecule has 1 nitrogen and oxygen atoms in total. The first kappa shape index (κ1) is 10.0. The Labute approximate surface area is 90.5 Å². The summed E-state index contributed by atoms with van der Waals surface area (Å²) in [5.74, 6) is 0.504. The van der Waals surface area contributed by atoms with Crippen LogP contribution in [-0.2, 0) is 0 Å². The Balaban J connectivity index is 1.95. The minimum absolute atomic E-state index is 0.504. The highest BCUT2D eigenvalue weighted by Crippen LogP contribution is 2.25. The number of hydrogen-bond acceptors (Lipinski definition) is 1. The normalized spacial score (nSPS) is 18.1. The minimum Gasteiger partial charge on any atom is -0.313 e. The van der Waals surface area contributed by atoms with Crippen LogP contribution in [0, 0.1) is 0 Å². The van der Waals surface area contributed by atoms with Crippen LogP contribution in [0.3, 0.4) is 0 Å². The van der Waals surface area contributed by atoms with E-state index in [-0.39, 0.29) is 0 Å². The van der Waals surface area contributed by atoms with Gasteiger partial charge in [0.15, 0.2) is 0 Å². The maximum Gasteiger partial charge on any atom is 0.0441 e. The lowest BCUT2D eigenvalue weighted by molar-refractivity contribution is 0.612. The van der Waals surface area contributed by atoms with Gasteiger partial charge in [-0.2, -0.15) is 0 Å². The van der Waals surface area contributed by atoms with Gasteiger partial charge in [-0.3, -0.25) is 0 Å². The maximum absolute atomic E-state index is 6.12. The predicted octanol–water partition coefficient (Wildman–Crippen LogP) is 3.20. The van der Waals surface area contributed by atoms with E-state index in [1.54, 1.807) is 0 Å². The highest BCUT2D eigenvalue weighted by molar-refractivity contribution is 6.31. The standard InChI is InChI=1S/C12H16ClN/c1-9(8-14-10-6-7-10)11-4-2-3-5-12(11)13/h2-5,9-10,14H,6-8H2,1H3. The fourth-order valence-corrected chi connectivity index (χ4v) is 1.94. The zero-order valence-electron chi connectivity index (χ0n) is 8.46. The minimum atomic E-state index is 0.504. The molecule has 1 N–H and O–H groups in total. The molecular formula is C12H16ClN. The van der Waals surface area contributed by atoms with Crippen molar-refractivity contribution in [1.82, 2.24) is 5.32 Å². The van der Waals surface area contributed by atoms with E-state index in [1.165, 1.54) is 18.4 Å². The lowest BCUT2D eigenvalue weighted by Gasteiger charge is -2.13. The molecule has 0 radical (unpaired) electrons. The first-order valence-corrected chi connectivity index (χ1v) is 5.63. The van der Waals surface area contributed by atoms with Gasteiger partial charge in [-0.1, -0.05) is 36.7 Å². The lowest BCUT2D eigenvalue weighted by atomic mass is 10.0. The van der Waals surface area contributed by atoms with Crippen molar-refractivity contribution in [3.05, 3.63) is 34.9 Å². The zero-order valence-corrected chi connectivity index (χ0v) is 9.22. The first-order chi connectivity index (χ1) is 6.77. The molecule has 0 saturated heterocycles. The van der Waals surface area contributed by atoms with Crippen molar-refractivity contribution in [2.75, 3.05) is 6.54 Å². The lowest BCUT2D eigenvalue weighted by Crippen LogP contribution is -2.22. The van der Waals surface area contributed by atoms with E-state index in [2.05, 4.69) is 24.4 Å². The monoisotopic (exact) mass is 209 g/mol. The number of rotatable bonds is 4. The van der Waals surface area contributed by atoms with Gasteiger partial charge in [0.25, 0.3) is 0 Å². The average molecular weight is 210 g/mol. The van der Waals surface area contributed by atoms with E-state index in [1.807, 2.05) is 12.1 Å². The molecule has 1 atom stereocenters. The Morgan fingerprint density at radius 2 is 2.14 bits per heavy atom. The van der Waals surface area contributed by atoms with Crippen LogP contribution >= 0.6 is 11.6 Å². The van der Waals surface area contributed by atoms with Crippen molar-refractivity contribution >= 4 is 11.6 Å². The average Bonchev–Trinajstić information content (AvgIpc) is 2.98. The number of hydrogen-bond donors (Lipinski definition) is 1. The van der Waals surface area contributed by atoms with Gasteiger partial charge in [-0.05, 0) is 30.4 Å². The molecule has 1 unspecified atom stereocenters. The molecular weight excluding hydrogens is 194 g/mol. The summed E-state index contributed by atoms with van der Waals surface area (Å²) in [6.45, 7) is 3.25. The van der Waals surface area contributed by atoms with Crippen molar-refractivity contribution in [2.24, 2.45) is 0 Å². The van der Waals surface area contributed by atoms with E-state index in [9.17, 15) is 0 Å². The molecule has 0 spiro atoms. The van der Waals surface area contributed by atoms with Gasteiger partial charge in [0.1, 0.15) is 0 Å². The molecule has 0 aliphatic heterocycles. The molecule has 1 aliphatic carbocycles. The Kier molecular flexibility index (Phi) is 3.09. The Hall–Kier alpha value is -0.530. The van der Waals surface area contributed by atoms with Gasteiger partial charge in [0.2, 0.25) is 0 Å². The molecule has 2 rings (SSSR count). The van der Waals surface area contributed by atoms with E-state index >= 15 is 0 Å². The summed E-state index contributed by atoms with van der Waals surface area (Å²) in [7, 11) is 0. The van der Waals surface area contributed by atoms with Gasteiger partial charge in [-0.15, -0.1) is 0 Å². The summed E-state index contributed by atoms with van der Waals surface area (Å²) in [6, 6.07) is 8.88.